The maximum atomic E-state index is 9.80. The van der Waals surface area contributed by atoms with Crippen molar-refractivity contribution in [3.63, 3.8) is 0 Å². The molecular weight excluding hydrogens is 324 g/mol. The molecule has 4 aromatic rings. The van der Waals surface area contributed by atoms with Crippen LogP contribution < -0.4 is 0 Å². The molecule has 122 valence electrons. The number of hydrogen-bond donors (Lipinski definition) is 0. The number of nitriles is 2. The van der Waals surface area contributed by atoms with Crippen LogP contribution in [0.1, 0.15) is 11.3 Å². The highest BCUT2D eigenvalue weighted by Gasteiger charge is 2.17. The van der Waals surface area contributed by atoms with Crippen molar-refractivity contribution in [1.29, 1.82) is 10.5 Å². The van der Waals surface area contributed by atoms with Crippen molar-refractivity contribution in [2.24, 2.45) is 0 Å². The summed E-state index contributed by atoms with van der Waals surface area (Å²) in [6.07, 6.45) is 6.96. The Hall–Kier alpha value is -4.03. The van der Waals surface area contributed by atoms with Crippen LogP contribution in [0.4, 0.5) is 0 Å². The van der Waals surface area contributed by atoms with Crippen LogP contribution >= 0.6 is 0 Å². The Morgan fingerprint density at radius 1 is 0.885 bits per heavy atom. The second-order valence-electron chi connectivity index (χ2n) is 5.67. The van der Waals surface area contributed by atoms with E-state index in [9.17, 15) is 10.5 Å². The molecule has 0 aliphatic carbocycles. The van der Waals surface area contributed by atoms with Crippen molar-refractivity contribution in [2.45, 2.75) is 6.42 Å². The monoisotopic (exact) mass is 336 g/mol. The third kappa shape index (κ3) is 2.56. The normalized spacial score (nSPS) is 10.4. The summed E-state index contributed by atoms with van der Waals surface area (Å²) >= 11 is 0. The predicted octanol–water partition coefficient (Wildman–Crippen LogP) is 3.40. The fraction of sp³-hybridized carbons (Fsp3) is 0.0500. The van der Waals surface area contributed by atoms with E-state index in [1.54, 1.807) is 29.3 Å². The molecule has 0 spiro atoms. The van der Waals surface area contributed by atoms with Gasteiger partial charge in [-0.15, -0.1) is 0 Å². The molecule has 4 rings (SSSR count). The fourth-order valence-corrected chi connectivity index (χ4v) is 2.96. The van der Waals surface area contributed by atoms with Crippen LogP contribution in [0.5, 0.6) is 0 Å². The van der Waals surface area contributed by atoms with Gasteiger partial charge in [-0.3, -0.25) is 9.97 Å². The highest BCUT2D eigenvalue weighted by atomic mass is 15.2. The number of pyridine rings is 3. The number of fused-ring (bicyclic) bond motifs is 1. The molecule has 0 saturated heterocycles. The van der Waals surface area contributed by atoms with Gasteiger partial charge in [0.05, 0.1) is 35.0 Å². The first-order chi connectivity index (χ1) is 12.8. The minimum Gasteiger partial charge on any atom is -0.265 e. The summed E-state index contributed by atoms with van der Waals surface area (Å²) in [5, 5.41) is 23.6. The van der Waals surface area contributed by atoms with Gasteiger partial charge in [-0.25, -0.2) is 4.52 Å². The second-order valence-corrected chi connectivity index (χ2v) is 5.67. The lowest BCUT2D eigenvalue weighted by atomic mass is 9.99. The van der Waals surface area contributed by atoms with Gasteiger partial charge in [0.2, 0.25) is 0 Å². The molecule has 0 atom stereocenters. The summed E-state index contributed by atoms with van der Waals surface area (Å²) in [6, 6.07) is 15.6. The third-order valence-corrected chi connectivity index (χ3v) is 4.16. The molecular formula is C20H12N6. The molecule has 0 fully saturated rings. The Bertz CT molecular complexity index is 1160. The number of nitrogens with zero attached hydrogens (tertiary/aromatic N) is 6. The second kappa shape index (κ2) is 6.46. The zero-order valence-corrected chi connectivity index (χ0v) is 13.7. The number of hydrogen-bond acceptors (Lipinski definition) is 5. The highest BCUT2D eigenvalue weighted by Crippen LogP contribution is 2.30. The molecule has 26 heavy (non-hydrogen) atoms. The molecule has 0 radical (unpaired) electrons. The summed E-state index contributed by atoms with van der Waals surface area (Å²) < 4.78 is 1.68. The molecule has 0 aliphatic rings. The minimum absolute atomic E-state index is 0.192. The van der Waals surface area contributed by atoms with Crippen molar-refractivity contribution in [3.05, 3.63) is 72.4 Å². The van der Waals surface area contributed by atoms with E-state index in [2.05, 4.69) is 27.2 Å². The van der Waals surface area contributed by atoms with E-state index >= 15 is 0 Å². The summed E-state index contributed by atoms with van der Waals surface area (Å²) in [5.74, 6) is 0. The van der Waals surface area contributed by atoms with Crippen molar-refractivity contribution >= 4 is 5.52 Å². The van der Waals surface area contributed by atoms with Gasteiger partial charge in [0.1, 0.15) is 6.07 Å². The van der Waals surface area contributed by atoms with Crippen LogP contribution in [0.25, 0.3) is 27.9 Å². The van der Waals surface area contributed by atoms with Gasteiger partial charge in [0.15, 0.2) is 0 Å². The Morgan fingerprint density at radius 2 is 1.54 bits per heavy atom. The topological polar surface area (TPSA) is 90.7 Å². The van der Waals surface area contributed by atoms with Gasteiger partial charge in [-0.1, -0.05) is 0 Å². The van der Waals surface area contributed by atoms with Gasteiger partial charge >= 0.3 is 0 Å². The van der Waals surface area contributed by atoms with Crippen molar-refractivity contribution in [2.75, 3.05) is 0 Å². The van der Waals surface area contributed by atoms with Gasteiger partial charge in [-0.05, 0) is 42.0 Å². The molecule has 0 N–H and O–H groups in total. The summed E-state index contributed by atoms with van der Waals surface area (Å²) in [6.45, 7) is 0. The van der Waals surface area contributed by atoms with E-state index in [0.29, 0.717) is 11.1 Å². The number of rotatable bonds is 3. The van der Waals surface area contributed by atoms with Crippen LogP contribution in [0, 0.1) is 22.7 Å². The SMILES string of the molecule is N#CCc1cc(-c2ccncc2)c(C#N)c2cc(-c3ccncc3)nn12. The van der Waals surface area contributed by atoms with Crippen LogP contribution in [0.3, 0.4) is 0 Å². The van der Waals surface area contributed by atoms with Gasteiger partial charge < -0.3 is 0 Å². The Kier molecular flexibility index (Phi) is 3.85. The Balaban J connectivity index is 2.04. The molecule has 6 heteroatoms. The van der Waals surface area contributed by atoms with E-state index in [1.807, 2.05) is 36.4 Å². The maximum Gasteiger partial charge on any atom is 0.102 e. The summed E-state index contributed by atoms with van der Waals surface area (Å²) in [7, 11) is 0. The summed E-state index contributed by atoms with van der Waals surface area (Å²) in [5.41, 5.74) is 5.22. The Morgan fingerprint density at radius 3 is 2.15 bits per heavy atom. The van der Waals surface area contributed by atoms with Gasteiger partial charge in [0.25, 0.3) is 0 Å². The van der Waals surface area contributed by atoms with E-state index in [0.717, 1.165) is 28.1 Å². The highest BCUT2D eigenvalue weighted by molar-refractivity contribution is 5.82. The van der Waals surface area contributed by atoms with Gasteiger partial charge in [-0.2, -0.15) is 15.6 Å². The molecule has 0 amide bonds. The zero-order chi connectivity index (χ0) is 17.9. The lowest BCUT2D eigenvalue weighted by molar-refractivity contribution is 0.893. The lowest BCUT2D eigenvalue weighted by Crippen LogP contribution is -2.02. The van der Waals surface area contributed by atoms with Crippen molar-refractivity contribution in [1.82, 2.24) is 19.6 Å². The molecule has 0 bridgehead atoms. The standard InChI is InChI=1S/C20H12N6/c21-6-1-16-11-17(14-2-7-23-8-3-14)18(13-22)20-12-19(25-26(16)20)15-4-9-24-10-5-15/h2-5,7-12H,1H2. The maximum absolute atomic E-state index is 9.80. The van der Waals surface area contributed by atoms with E-state index in [4.69, 9.17) is 0 Å². The summed E-state index contributed by atoms with van der Waals surface area (Å²) in [4.78, 5) is 8.06. The van der Waals surface area contributed by atoms with Crippen LogP contribution in [-0.2, 0) is 6.42 Å². The molecule has 0 aromatic carbocycles. The zero-order valence-electron chi connectivity index (χ0n) is 13.7. The number of aromatic nitrogens is 4. The van der Waals surface area contributed by atoms with E-state index in [-0.39, 0.29) is 6.42 Å². The minimum atomic E-state index is 0.192. The smallest absolute Gasteiger partial charge is 0.102 e. The first-order valence-corrected chi connectivity index (χ1v) is 7.95. The third-order valence-electron chi connectivity index (χ3n) is 4.16. The molecule has 4 heterocycles. The first-order valence-electron chi connectivity index (χ1n) is 7.95. The van der Waals surface area contributed by atoms with Crippen LogP contribution in [0.2, 0.25) is 0 Å². The average Bonchev–Trinajstić information content (AvgIpc) is 3.15. The van der Waals surface area contributed by atoms with E-state index < -0.39 is 0 Å². The fourth-order valence-electron chi connectivity index (χ4n) is 2.96. The van der Waals surface area contributed by atoms with Crippen molar-refractivity contribution in [3.8, 4) is 34.5 Å². The van der Waals surface area contributed by atoms with Crippen molar-refractivity contribution < 1.29 is 0 Å². The predicted molar refractivity (Wildman–Crippen MR) is 95.7 cm³/mol. The quantitative estimate of drug-likeness (QED) is 0.572. The molecule has 6 nitrogen and oxygen atoms in total. The molecule has 0 aliphatic heterocycles. The lowest BCUT2D eigenvalue weighted by Gasteiger charge is -2.09. The van der Waals surface area contributed by atoms with E-state index in [1.165, 1.54) is 0 Å². The van der Waals surface area contributed by atoms with Gasteiger partial charge in [0, 0.05) is 35.9 Å². The largest absolute Gasteiger partial charge is 0.265 e. The van der Waals surface area contributed by atoms with Crippen LogP contribution in [-0.4, -0.2) is 19.6 Å². The molecule has 0 saturated carbocycles. The molecule has 0 unspecified atom stereocenters. The first kappa shape index (κ1) is 15.5. The molecule has 4 aromatic heterocycles. The Labute approximate surface area is 149 Å². The van der Waals surface area contributed by atoms with Crippen LogP contribution in [0.15, 0.2) is 61.2 Å². The average molecular weight is 336 g/mol.